The Labute approximate surface area is 212 Å². The molecular formula is C25H21Cl2N3O3S. The number of carbonyl (C=O) groups is 1. The molecule has 6 nitrogen and oxygen atoms in total. The van der Waals surface area contributed by atoms with Crippen LogP contribution in [0.3, 0.4) is 0 Å². The van der Waals surface area contributed by atoms with E-state index in [-0.39, 0.29) is 5.11 Å². The molecule has 0 fully saturated rings. The van der Waals surface area contributed by atoms with Gasteiger partial charge < -0.3 is 14.5 Å². The number of anilines is 1. The van der Waals surface area contributed by atoms with E-state index in [0.717, 1.165) is 23.1 Å². The van der Waals surface area contributed by atoms with E-state index in [0.29, 0.717) is 27.4 Å². The number of ether oxygens (including phenoxy) is 1. The molecule has 0 saturated carbocycles. The fraction of sp³-hybridized carbons (Fsp3) is 0.160. The number of hydrogen-bond donors (Lipinski definition) is 2. The Morgan fingerprint density at radius 2 is 1.88 bits per heavy atom. The average Bonchev–Trinajstić information content (AvgIpc) is 3.24. The molecule has 0 radical (unpaired) electrons. The van der Waals surface area contributed by atoms with Crippen molar-refractivity contribution in [1.82, 2.24) is 10.3 Å². The summed E-state index contributed by atoms with van der Waals surface area (Å²) < 4.78 is 11.5. The van der Waals surface area contributed by atoms with Gasteiger partial charge in [0.2, 0.25) is 5.89 Å². The Kier molecular flexibility index (Phi) is 7.36. The number of benzene rings is 3. The molecule has 0 aliphatic heterocycles. The Morgan fingerprint density at radius 1 is 1.12 bits per heavy atom. The number of oxazole rings is 1. The molecule has 0 bridgehead atoms. The molecule has 34 heavy (non-hydrogen) atoms. The number of amides is 1. The van der Waals surface area contributed by atoms with E-state index in [4.69, 9.17) is 44.6 Å². The number of nitrogens with one attached hydrogen (secondary N) is 2. The first-order valence-electron chi connectivity index (χ1n) is 10.6. The molecule has 0 saturated heterocycles. The van der Waals surface area contributed by atoms with E-state index in [1.54, 1.807) is 25.1 Å². The molecule has 0 aliphatic rings. The Bertz CT molecular complexity index is 1360. The van der Waals surface area contributed by atoms with Gasteiger partial charge in [0.1, 0.15) is 11.3 Å². The molecule has 0 spiro atoms. The van der Waals surface area contributed by atoms with Gasteiger partial charge in [-0.05, 0) is 85.7 Å². The third-order valence-corrected chi connectivity index (χ3v) is 5.79. The SMILES string of the molecule is CCc1ccc2oc(-c3ccc(NC(=S)NC(=O)C(C)Oc4ccc(Cl)cc4Cl)cc3)nc2c1. The topological polar surface area (TPSA) is 76.4 Å². The summed E-state index contributed by atoms with van der Waals surface area (Å²) in [5.41, 5.74) is 4.31. The van der Waals surface area contributed by atoms with Crippen molar-refractivity contribution >= 4 is 63.2 Å². The molecule has 3 aromatic carbocycles. The third kappa shape index (κ3) is 5.67. The van der Waals surface area contributed by atoms with Crippen LogP contribution < -0.4 is 15.4 Å². The van der Waals surface area contributed by atoms with E-state index < -0.39 is 12.0 Å². The summed E-state index contributed by atoms with van der Waals surface area (Å²) in [6, 6.07) is 18.2. The summed E-state index contributed by atoms with van der Waals surface area (Å²) in [4.78, 5) is 17.0. The van der Waals surface area contributed by atoms with Gasteiger partial charge in [-0.2, -0.15) is 0 Å². The average molecular weight is 514 g/mol. The molecule has 1 aromatic heterocycles. The van der Waals surface area contributed by atoms with Crippen molar-refractivity contribution in [2.45, 2.75) is 26.4 Å². The van der Waals surface area contributed by atoms with Crippen molar-refractivity contribution in [2.24, 2.45) is 0 Å². The maximum atomic E-state index is 12.4. The van der Waals surface area contributed by atoms with E-state index >= 15 is 0 Å². The Morgan fingerprint density at radius 3 is 2.59 bits per heavy atom. The zero-order chi connectivity index (χ0) is 24.2. The Balaban J connectivity index is 1.35. The van der Waals surface area contributed by atoms with E-state index in [1.807, 2.05) is 42.5 Å². The quantitative estimate of drug-likeness (QED) is 0.281. The van der Waals surface area contributed by atoms with Crippen LogP contribution in [0.1, 0.15) is 19.4 Å². The number of carbonyl (C=O) groups excluding carboxylic acids is 1. The van der Waals surface area contributed by atoms with Crippen LogP contribution in [-0.2, 0) is 11.2 Å². The fourth-order valence-electron chi connectivity index (χ4n) is 3.20. The highest BCUT2D eigenvalue weighted by atomic mass is 35.5. The van der Waals surface area contributed by atoms with Crippen molar-refractivity contribution in [3.8, 4) is 17.2 Å². The highest BCUT2D eigenvalue weighted by molar-refractivity contribution is 7.80. The monoisotopic (exact) mass is 513 g/mol. The van der Waals surface area contributed by atoms with Gasteiger partial charge in [0.15, 0.2) is 16.8 Å². The second kappa shape index (κ2) is 10.4. The van der Waals surface area contributed by atoms with E-state index in [1.165, 1.54) is 5.56 Å². The lowest BCUT2D eigenvalue weighted by molar-refractivity contribution is -0.125. The molecule has 4 aromatic rings. The normalized spacial score (nSPS) is 11.8. The zero-order valence-electron chi connectivity index (χ0n) is 18.4. The van der Waals surface area contributed by atoms with Gasteiger partial charge in [-0.25, -0.2) is 4.98 Å². The summed E-state index contributed by atoms with van der Waals surface area (Å²) in [5.74, 6) is 0.476. The molecule has 4 rings (SSSR count). The van der Waals surface area contributed by atoms with Crippen LogP contribution >= 0.6 is 35.4 Å². The predicted octanol–water partition coefficient (Wildman–Crippen LogP) is 6.64. The van der Waals surface area contributed by atoms with Crippen LogP contribution in [0.5, 0.6) is 5.75 Å². The highest BCUT2D eigenvalue weighted by Gasteiger charge is 2.18. The van der Waals surface area contributed by atoms with Crippen LogP contribution in [0.15, 0.2) is 65.1 Å². The van der Waals surface area contributed by atoms with E-state index in [9.17, 15) is 4.79 Å². The summed E-state index contributed by atoms with van der Waals surface area (Å²) in [6.45, 7) is 3.70. The molecule has 174 valence electrons. The van der Waals surface area contributed by atoms with Gasteiger partial charge in [0.25, 0.3) is 5.91 Å². The summed E-state index contributed by atoms with van der Waals surface area (Å²) in [7, 11) is 0. The first-order chi connectivity index (χ1) is 16.3. The molecule has 1 unspecified atom stereocenters. The van der Waals surface area contributed by atoms with E-state index in [2.05, 4.69) is 22.5 Å². The third-order valence-electron chi connectivity index (χ3n) is 5.05. The fourth-order valence-corrected chi connectivity index (χ4v) is 3.87. The molecule has 1 amide bonds. The van der Waals surface area contributed by atoms with Gasteiger partial charge in [0, 0.05) is 16.3 Å². The molecule has 2 N–H and O–H groups in total. The number of halogens is 2. The summed E-state index contributed by atoms with van der Waals surface area (Å²) in [5, 5.41) is 6.53. The lowest BCUT2D eigenvalue weighted by Gasteiger charge is -2.16. The molecule has 0 aliphatic carbocycles. The lowest BCUT2D eigenvalue weighted by atomic mass is 10.1. The minimum absolute atomic E-state index is 0.143. The first kappa shape index (κ1) is 24.0. The largest absolute Gasteiger partial charge is 0.479 e. The second-order valence-corrected chi connectivity index (χ2v) is 8.78. The summed E-state index contributed by atoms with van der Waals surface area (Å²) in [6.07, 6.45) is 0.113. The van der Waals surface area contributed by atoms with Crippen molar-refractivity contribution in [2.75, 3.05) is 5.32 Å². The van der Waals surface area contributed by atoms with Crippen LogP contribution in [0.2, 0.25) is 10.0 Å². The number of aryl methyl sites for hydroxylation is 1. The van der Waals surface area contributed by atoms with Crippen LogP contribution in [0.25, 0.3) is 22.6 Å². The molecular weight excluding hydrogens is 493 g/mol. The number of fused-ring (bicyclic) bond motifs is 1. The summed E-state index contributed by atoms with van der Waals surface area (Å²) >= 11 is 17.2. The maximum absolute atomic E-state index is 12.4. The van der Waals surface area contributed by atoms with Gasteiger partial charge in [-0.15, -0.1) is 0 Å². The second-order valence-electron chi connectivity index (χ2n) is 7.53. The van der Waals surface area contributed by atoms with Gasteiger partial charge >= 0.3 is 0 Å². The van der Waals surface area contributed by atoms with Gasteiger partial charge in [-0.1, -0.05) is 36.2 Å². The smallest absolute Gasteiger partial charge is 0.266 e. The zero-order valence-corrected chi connectivity index (χ0v) is 20.7. The maximum Gasteiger partial charge on any atom is 0.266 e. The lowest BCUT2D eigenvalue weighted by Crippen LogP contribution is -2.42. The highest BCUT2D eigenvalue weighted by Crippen LogP contribution is 2.28. The van der Waals surface area contributed by atoms with Gasteiger partial charge in [-0.3, -0.25) is 10.1 Å². The van der Waals surface area contributed by atoms with Crippen molar-refractivity contribution in [3.63, 3.8) is 0 Å². The van der Waals surface area contributed by atoms with Crippen LogP contribution in [0, 0.1) is 0 Å². The van der Waals surface area contributed by atoms with Gasteiger partial charge in [0.05, 0.1) is 5.02 Å². The van der Waals surface area contributed by atoms with Crippen molar-refractivity contribution in [3.05, 3.63) is 76.3 Å². The predicted molar refractivity (Wildman–Crippen MR) is 140 cm³/mol. The molecule has 1 atom stereocenters. The minimum atomic E-state index is -0.826. The number of hydrogen-bond acceptors (Lipinski definition) is 5. The van der Waals surface area contributed by atoms with Crippen molar-refractivity contribution in [1.29, 1.82) is 0 Å². The standard InChI is InChI=1S/C25H21Cl2N3O3S/c1-3-15-4-10-22-20(12-15)29-24(33-22)16-5-8-18(9-6-16)28-25(34)30-23(31)14(2)32-21-11-7-17(26)13-19(21)27/h4-14H,3H2,1-2H3,(H2,28,30,31,34). The van der Waals surface area contributed by atoms with Crippen molar-refractivity contribution < 1.29 is 13.9 Å². The molecule has 1 heterocycles. The Hall–Kier alpha value is -3.13. The number of rotatable bonds is 6. The van der Waals surface area contributed by atoms with Crippen LogP contribution in [0.4, 0.5) is 5.69 Å². The number of nitrogens with zero attached hydrogens (tertiary/aromatic N) is 1. The molecule has 9 heteroatoms. The van der Waals surface area contributed by atoms with Crippen LogP contribution in [-0.4, -0.2) is 22.1 Å². The number of aromatic nitrogens is 1. The minimum Gasteiger partial charge on any atom is -0.479 e. The number of thiocarbonyl (C=S) groups is 1. The first-order valence-corrected chi connectivity index (χ1v) is 11.7.